The molecular formula is C17H17F2NO2. The SMILES string of the molecule is CCN(Cc1cccc(F)c1)C(=O)c1ccc(OC)c(F)c1. The van der Waals surface area contributed by atoms with Gasteiger partial charge in [0.1, 0.15) is 5.82 Å². The summed E-state index contributed by atoms with van der Waals surface area (Å²) in [6.07, 6.45) is 0. The van der Waals surface area contributed by atoms with E-state index in [2.05, 4.69) is 0 Å². The average Bonchev–Trinajstić information content (AvgIpc) is 2.52. The van der Waals surface area contributed by atoms with Crippen molar-refractivity contribution in [2.24, 2.45) is 0 Å². The van der Waals surface area contributed by atoms with Gasteiger partial charge in [-0.05, 0) is 42.8 Å². The zero-order valence-electron chi connectivity index (χ0n) is 12.5. The maximum absolute atomic E-state index is 13.7. The van der Waals surface area contributed by atoms with Crippen molar-refractivity contribution in [2.45, 2.75) is 13.5 Å². The lowest BCUT2D eigenvalue weighted by Gasteiger charge is -2.21. The second-order valence-corrected chi connectivity index (χ2v) is 4.80. The summed E-state index contributed by atoms with van der Waals surface area (Å²) >= 11 is 0. The predicted molar refractivity (Wildman–Crippen MR) is 79.8 cm³/mol. The highest BCUT2D eigenvalue weighted by Gasteiger charge is 2.16. The van der Waals surface area contributed by atoms with E-state index in [0.29, 0.717) is 12.1 Å². The Hall–Kier alpha value is -2.43. The molecule has 0 bridgehead atoms. The molecule has 0 unspecified atom stereocenters. The molecule has 0 spiro atoms. The first-order valence-electron chi connectivity index (χ1n) is 6.92. The van der Waals surface area contributed by atoms with Crippen molar-refractivity contribution in [3.8, 4) is 5.75 Å². The van der Waals surface area contributed by atoms with Gasteiger partial charge in [-0.15, -0.1) is 0 Å². The lowest BCUT2D eigenvalue weighted by atomic mass is 10.1. The molecule has 116 valence electrons. The third kappa shape index (κ3) is 3.61. The van der Waals surface area contributed by atoms with E-state index >= 15 is 0 Å². The normalized spacial score (nSPS) is 10.4. The van der Waals surface area contributed by atoms with E-state index in [1.807, 2.05) is 6.92 Å². The van der Waals surface area contributed by atoms with E-state index in [-0.39, 0.29) is 29.6 Å². The van der Waals surface area contributed by atoms with Gasteiger partial charge in [0.2, 0.25) is 0 Å². The van der Waals surface area contributed by atoms with Crippen LogP contribution in [0.15, 0.2) is 42.5 Å². The van der Waals surface area contributed by atoms with Gasteiger partial charge in [0.25, 0.3) is 5.91 Å². The van der Waals surface area contributed by atoms with Crippen LogP contribution in [0.1, 0.15) is 22.8 Å². The number of nitrogens with zero attached hydrogens (tertiary/aromatic N) is 1. The molecule has 2 aromatic rings. The van der Waals surface area contributed by atoms with Crippen molar-refractivity contribution in [1.82, 2.24) is 4.90 Å². The van der Waals surface area contributed by atoms with E-state index in [4.69, 9.17) is 4.74 Å². The first-order valence-corrected chi connectivity index (χ1v) is 6.92. The number of halogens is 2. The molecule has 0 aliphatic heterocycles. The smallest absolute Gasteiger partial charge is 0.254 e. The molecular weight excluding hydrogens is 288 g/mol. The summed E-state index contributed by atoms with van der Waals surface area (Å²) < 4.78 is 31.8. The summed E-state index contributed by atoms with van der Waals surface area (Å²) in [4.78, 5) is 14.0. The number of carbonyl (C=O) groups excluding carboxylic acids is 1. The third-order valence-corrected chi connectivity index (χ3v) is 3.33. The molecule has 5 heteroatoms. The molecule has 3 nitrogen and oxygen atoms in total. The molecule has 0 atom stereocenters. The molecule has 0 aliphatic rings. The Bertz CT molecular complexity index is 673. The molecule has 0 aromatic heterocycles. The minimum atomic E-state index is -0.588. The lowest BCUT2D eigenvalue weighted by Crippen LogP contribution is -2.30. The van der Waals surface area contributed by atoms with Gasteiger partial charge in [0.15, 0.2) is 11.6 Å². The van der Waals surface area contributed by atoms with Crippen LogP contribution < -0.4 is 4.74 Å². The molecule has 0 heterocycles. The summed E-state index contributed by atoms with van der Waals surface area (Å²) in [5, 5.41) is 0. The molecule has 0 aliphatic carbocycles. The van der Waals surface area contributed by atoms with Gasteiger partial charge >= 0.3 is 0 Å². The maximum atomic E-state index is 13.7. The van der Waals surface area contributed by atoms with Crippen molar-refractivity contribution in [3.05, 3.63) is 65.2 Å². The molecule has 0 fully saturated rings. The summed E-state index contributed by atoms with van der Waals surface area (Å²) in [6, 6.07) is 10.1. The summed E-state index contributed by atoms with van der Waals surface area (Å²) in [7, 11) is 1.36. The fourth-order valence-electron chi connectivity index (χ4n) is 2.16. The summed E-state index contributed by atoms with van der Waals surface area (Å²) in [6.45, 7) is 2.51. The van der Waals surface area contributed by atoms with E-state index < -0.39 is 5.82 Å². The Kier molecular flexibility index (Phi) is 5.09. The molecule has 2 rings (SSSR count). The first kappa shape index (κ1) is 15.9. The quantitative estimate of drug-likeness (QED) is 0.844. The zero-order chi connectivity index (χ0) is 16.1. The standard InChI is InChI=1S/C17H17F2NO2/c1-3-20(11-12-5-4-6-14(18)9-12)17(21)13-7-8-16(22-2)15(19)10-13/h4-10H,3,11H2,1-2H3. The van der Waals surface area contributed by atoms with Crippen molar-refractivity contribution >= 4 is 5.91 Å². The summed E-state index contributed by atoms with van der Waals surface area (Å²) in [5.74, 6) is -1.16. The molecule has 0 saturated heterocycles. The Morgan fingerprint density at radius 3 is 2.55 bits per heavy atom. The Balaban J connectivity index is 2.20. The van der Waals surface area contributed by atoms with Gasteiger partial charge in [-0.25, -0.2) is 8.78 Å². The highest BCUT2D eigenvalue weighted by atomic mass is 19.1. The maximum Gasteiger partial charge on any atom is 0.254 e. The van der Waals surface area contributed by atoms with E-state index in [9.17, 15) is 13.6 Å². The van der Waals surface area contributed by atoms with Crippen molar-refractivity contribution in [2.75, 3.05) is 13.7 Å². The number of methoxy groups -OCH3 is 1. The number of hydrogen-bond acceptors (Lipinski definition) is 2. The lowest BCUT2D eigenvalue weighted by molar-refractivity contribution is 0.0752. The van der Waals surface area contributed by atoms with Gasteiger partial charge in [-0.3, -0.25) is 4.79 Å². The van der Waals surface area contributed by atoms with Crippen LogP contribution in [0, 0.1) is 11.6 Å². The predicted octanol–water partition coefficient (Wildman–Crippen LogP) is 3.64. The van der Waals surface area contributed by atoms with Gasteiger partial charge in [0, 0.05) is 18.7 Å². The fraction of sp³-hybridized carbons (Fsp3) is 0.235. The van der Waals surface area contributed by atoms with Crippen LogP contribution in [-0.4, -0.2) is 24.5 Å². The summed E-state index contributed by atoms with van der Waals surface area (Å²) in [5.41, 5.74) is 0.917. The van der Waals surface area contributed by atoms with Gasteiger partial charge in [0.05, 0.1) is 7.11 Å². The van der Waals surface area contributed by atoms with Crippen LogP contribution in [0.25, 0.3) is 0 Å². The highest BCUT2D eigenvalue weighted by molar-refractivity contribution is 5.94. The highest BCUT2D eigenvalue weighted by Crippen LogP contribution is 2.19. The average molecular weight is 305 g/mol. The Labute approximate surface area is 128 Å². The number of hydrogen-bond donors (Lipinski definition) is 0. The van der Waals surface area contributed by atoms with Crippen molar-refractivity contribution in [1.29, 1.82) is 0 Å². The molecule has 1 amide bonds. The molecule has 0 saturated carbocycles. The van der Waals surface area contributed by atoms with Crippen molar-refractivity contribution < 1.29 is 18.3 Å². The fourth-order valence-corrected chi connectivity index (χ4v) is 2.16. The number of rotatable bonds is 5. The molecule has 2 aromatic carbocycles. The van der Waals surface area contributed by atoms with Gasteiger partial charge in [-0.1, -0.05) is 12.1 Å². The monoisotopic (exact) mass is 305 g/mol. The third-order valence-electron chi connectivity index (χ3n) is 3.33. The second kappa shape index (κ2) is 7.02. The Morgan fingerprint density at radius 2 is 1.95 bits per heavy atom. The van der Waals surface area contributed by atoms with Crippen LogP contribution in [-0.2, 0) is 6.54 Å². The minimum Gasteiger partial charge on any atom is -0.494 e. The largest absolute Gasteiger partial charge is 0.494 e. The number of amides is 1. The second-order valence-electron chi connectivity index (χ2n) is 4.80. The Morgan fingerprint density at radius 1 is 1.18 bits per heavy atom. The number of ether oxygens (including phenoxy) is 1. The first-order chi connectivity index (χ1) is 10.5. The van der Waals surface area contributed by atoms with Crippen LogP contribution in [0.3, 0.4) is 0 Å². The van der Waals surface area contributed by atoms with Gasteiger partial charge < -0.3 is 9.64 Å². The van der Waals surface area contributed by atoms with Crippen LogP contribution in [0.2, 0.25) is 0 Å². The molecule has 22 heavy (non-hydrogen) atoms. The molecule has 0 N–H and O–H groups in total. The van der Waals surface area contributed by atoms with Crippen LogP contribution in [0.5, 0.6) is 5.75 Å². The van der Waals surface area contributed by atoms with E-state index in [1.54, 1.807) is 12.1 Å². The van der Waals surface area contributed by atoms with E-state index in [0.717, 1.165) is 6.07 Å². The van der Waals surface area contributed by atoms with Crippen LogP contribution >= 0.6 is 0 Å². The zero-order valence-corrected chi connectivity index (χ0v) is 12.5. The molecule has 0 radical (unpaired) electrons. The number of benzene rings is 2. The van der Waals surface area contributed by atoms with Gasteiger partial charge in [-0.2, -0.15) is 0 Å². The van der Waals surface area contributed by atoms with Crippen LogP contribution in [0.4, 0.5) is 8.78 Å². The van der Waals surface area contributed by atoms with E-state index in [1.165, 1.54) is 36.3 Å². The topological polar surface area (TPSA) is 29.5 Å². The van der Waals surface area contributed by atoms with Crippen molar-refractivity contribution in [3.63, 3.8) is 0 Å². The number of carbonyl (C=O) groups is 1. The minimum absolute atomic E-state index is 0.0877.